The predicted octanol–water partition coefficient (Wildman–Crippen LogP) is 0.992. The maximum Gasteiger partial charge on any atom is 0.257 e. The molecule has 2 N–H and O–H groups in total. The summed E-state index contributed by atoms with van der Waals surface area (Å²) >= 11 is 0. The second-order valence-corrected chi connectivity index (χ2v) is 4.79. The van der Waals surface area contributed by atoms with Crippen LogP contribution in [0.4, 0.5) is 0 Å². The van der Waals surface area contributed by atoms with Gasteiger partial charge in [0.1, 0.15) is 6.33 Å². The number of hydrogen-bond acceptors (Lipinski definition) is 4. The van der Waals surface area contributed by atoms with Crippen molar-refractivity contribution in [1.29, 1.82) is 0 Å². The van der Waals surface area contributed by atoms with E-state index in [0.29, 0.717) is 12.1 Å². The summed E-state index contributed by atoms with van der Waals surface area (Å²) in [4.78, 5) is 22.4. The number of nitrogens with zero attached hydrogens (tertiary/aromatic N) is 3. The average molecular weight is 248 g/mol. The Bertz CT molecular complexity index is 421. The molecule has 0 saturated carbocycles. The Hall–Kier alpha value is -1.49. The molecule has 1 aromatic heterocycles. The molecule has 0 bridgehead atoms. The summed E-state index contributed by atoms with van der Waals surface area (Å²) in [6, 6.07) is 0.0990. The average Bonchev–Trinajstić information content (AvgIpc) is 2.39. The summed E-state index contributed by atoms with van der Waals surface area (Å²) in [5.41, 5.74) is 7.39. The first-order chi connectivity index (χ1) is 8.72. The molecule has 0 radical (unpaired) electrons. The van der Waals surface area contributed by atoms with Crippen LogP contribution >= 0.6 is 0 Å². The van der Waals surface area contributed by atoms with Gasteiger partial charge >= 0.3 is 0 Å². The van der Waals surface area contributed by atoms with Gasteiger partial charge in [-0.25, -0.2) is 9.97 Å². The molecule has 1 saturated heterocycles. The molecular weight excluding hydrogens is 228 g/mol. The predicted molar refractivity (Wildman–Crippen MR) is 69.1 cm³/mol. The first kappa shape index (κ1) is 13.0. The van der Waals surface area contributed by atoms with Crippen molar-refractivity contribution in [3.63, 3.8) is 0 Å². The highest BCUT2D eigenvalue weighted by molar-refractivity contribution is 5.95. The molecule has 0 aromatic carbocycles. The highest BCUT2D eigenvalue weighted by Crippen LogP contribution is 2.15. The van der Waals surface area contributed by atoms with Crippen LogP contribution in [0, 0.1) is 0 Å². The second kappa shape index (κ2) is 5.91. The van der Waals surface area contributed by atoms with E-state index in [1.54, 1.807) is 6.20 Å². The Morgan fingerprint density at radius 3 is 3.17 bits per heavy atom. The molecule has 2 rings (SSSR count). The van der Waals surface area contributed by atoms with Gasteiger partial charge < -0.3 is 10.6 Å². The van der Waals surface area contributed by atoms with Gasteiger partial charge in [0, 0.05) is 25.3 Å². The third-order valence-corrected chi connectivity index (χ3v) is 3.26. The van der Waals surface area contributed by atoms with Crippen molar-refractivity contribution in [2.75, 3.05) is 13.1 Å². The molecule has 1 amide bonds. The van der Waals surface area contributed by atoms with Crippen LogP contribution in [0.3, 0.4) is 0 Å². The molecular formula is C13H20N4O. The Kier molecular flexibility index (Phi) is 4.25. The molecule has 18 heavy (non-hydrogen) atoms. The van der Waals surface area contributed by atoms with E-state index in [-0.39, 0.29) is 11.9 Å². The van der Waals surface area contributed by atoms with Gasteiger partial charge in [-0.1, -0.05) is 13.3 Å². The van der Waals surface area contributed by atoms with Crippen molar-refractivity contribution in [2.45, 2.75) is 38.6 Å². The molecule has 98 valence electrons. The van der Waals surface area contributed by atoms with Gasteiger partial charge in [-0.15, -0.1) is 0 Å². The molecule has 5 heteroatoms. The fourth-order valence-electron chi connectivity index (χ4n) is 2.33. The van der Waals surface area contributed by atoms with Gasteiger partial charge in [-0.3, -0.25) is 4.79 Å². The summed E-state index contributed by atoms with van der Waals surface area (Å²) in [7, 11) is 0. The molecule has 1 aliphatic heterocycles. The number of amides is 1. The van der Waals surface area contributed by atoms with Gasteiger partial charge in [-0.05, 0) is 19.3 Å². The van der Waals surface area contributed by atoms with E-state index in [1.165, 1.54) is 6.33 Å². The van der Waals surface area contributed by atoms with Crippen LogP contribution in [0.15, 0.2) is 12.5 Å². The summed E-state index contributed by atoms with van der Waals surface area (Å²) in [5, 5.41) is 0. The van der Waals surface area contributed by atoms with Crippen molar-refractivity contribution in [2.24, 2.45) is 5.73 Å². The molecule has 0 spiro atoms. The van der Waals surface area contributed by atoms with Crippen LogP contribution in [-0.4, -0.2) is 39.9 Å². The monoisotopic (exact) mass is 248 g/mol. The van der Waals surface area contributed by atoms with E-state index in [9.17, 15) is 4.79 Å². The van der Waals surface area contributed by atoms with E-state index in [1.807, 2.05) is 4.90 Å². The van der Waals surface area contributed by atoms with Gasteiger partial charge in [0.05, 0.1) is 11.3 Å². The highest BCUT2D eigenvalue weighted by atomic mass is 16.2. The Morgan fingerprint density at radius 2 is 2.44 bits per heavy atom. The zero-order valence-corrected chi connectivity index (χ0v) is 10.8. The van der Waals surface area contributed by atoms with Crippen LogP contribution in [0.25, 0.3) is 0 Å². The lowest BCUT2D eigenvalue weighted by Crippen LogP contribution is -2.46. The Balaban J connectivity index is 2.17. The lowest BCUT2D eigenvalue weighted by atomic mass is 10.0. The summed E-state index contributed by atoms with van der Waals surface area (Å²) in [5.74, 6) is 0.0224. The number of carbonyl (C=O) groups is 1. The van der Waals surface area contributed by atoms with Gasteiger partial charge in [0.25, 0.3) is 5.91 Å². The number of likely N-dealkylation sites (tertiary alicyclic amines) is 1. The Morgan fingerprint density at radius 1 is 1.61 bits per heavy atom. The van der Waals surface area contributed by atoms with Gasteiger partial charge in [0.15, 0.2) is 0 Å². The number of hydrogen-bond donors (Lipinski definition) is 1. The maximum atomic E-state index is 12.4. The molecule has 1 fully saturated rings. The van der Waals surface area contributed by atoms with E-state index < -0.39 is 0 Å². The third-order valence-electron chi connectivity index (χ3n) is 3.26. The molecule has 5 nitrogen and oxygen atoms in total. The van der Waals surface area contributed by atoms with Gasteiger partial charge in [-0.2, -0.15) is 0 Å². The van der Waals surface area contributed by atoms with Crippen LogP contribution < -0.4 is 5.73 Å². The lowest BCUT2D eigenvalue weighted by Gasteiger charge is -2.31. The molecule has 1 aromatic rings. The first-order valence-corrected chi connectivity index (χ1v) is 6.56. The molecule has 2 heterocycles. The smallest absolute Gasteiger partial charge is 0.257 e. The number of rotatable bonds is 3. The normalized spacial score (nSPS) is 19.9. The van der Waals surface area contributed by atoms with Crippen molar-refractivity contribution >= 4 is 5.91 Å². The SMILES string of the molecule is CCCc1ncncc1C(=O)N1CCCC(N)C1. The molecule has 1 atom stereocenters. The lowest BCUT2D eigenvalue weighted by molar-refractivity contribution is 0.0706. The Labute approximate surface area is 107 Å². The standard InChI is InChI=1S/C13H20N4O/c1-2-4-12-11(7-15-9-16-12)13(18)17-6-3-5-10(14)8-17/h7,9-10H,2-6,8,14H2,1H3. The zero-order chi connectivity index (χ0) is 13.0. The fourth-order valence-corrected chi connectivity index (χ4v) is 2.33. The number of nitrogens with two attached hydrogens (primary N) is 1. The number of piperidine rings is 1. The first-order valence-electron chi connectivity index (χ1n) is 6.56. The zero-order valence-electron chi connectivity index (χ0n) is 10.8. The van der Waals surface area contributed by atoms with Crippen molar-refractivity contribution < 1.29 is 4.79 Å². The molecule has 1 unspecified atom stereocenters. The van der Waals surface area contributed by atoms with Crippen LogP contribution in [0.5, 0.6) is 0 Å². The minimum Gasteiger partial charge on any atom is -0.337 e. The third kappa shape index (κ3) is 2.85. The van der Waals surface area contributed by atoms with Crippen LogP contribution in [0.2, 0.25) is 0 Å². The maximum absolute atomic E-state index is 12.4. The van der Waals surface area contributed by atoms with Crippen molar-refractivity contribution in [3.8, 4) is 0 Å². The van der Waals surface area contributed by atoms with Crippen LogP contribution in [0.1, 0.15) is 42.2 Å². The van der Waals surface area contributed by atoms with Crippen LogP contribution in [-0.2, 0) is 6.42 Å². The topological polar surface area (TPSA) is 72.1 Å². The van der Waals surface area contributed by atoms with Crippen molar-refractivity contribution in [1.82, 2.24) is 14.9 Å². The number of carbonyl (C=O) groups excluding carboxylic acids is 1. The summed E-state index contributed by atoms with van der Waals surface area (Å²) in [6.45, 7) is 3.50. The van der Waals surface area contributed by atoms with E-state index in [4.69, 9.17) is 5.73 Å². The molecule has 1 aliphatic rings. The molecule has 0 aliphatic carbocycles. The fraction of sp³-hybridized carbons (Fsp3) is 0.615. The van der Waals surface area contributed by atoms with E-state index >= 15 is 0 Å². The largest absolute Gasteiger partial charge is 0.337 e. The highest BCUT2D eigenvalue weighted by Gasteiger charge is 2.24. The quantitative estimate of drug-likeness (QED) is 0.866. The van der Waals surface area contributed by atoms with Gasteiger partial charge in [0.2, 0.25) is 0 Å². The summed E-state index contributed by atoms with van der Waals surface area (Å²) in [6.07, 6.45) is 6.88. The number of aryl methyl sites for hydroxylation is 1. The van der Waals surface area contributed by atoms with Crippen molar-refractivity contribution in [3.05, 3.63) is 23.8 Å². The van der Waals surface area contributed by atoms with E-state index in [2.05, 4.69) is 16.9 Å². The minimum atomic E-state index is 0.0224. The summed E-state index contributed by atoms with van der Waals surface area (Å²) < 4.78 is 0. The number of aromatic nitrogens is 2. The minimum absolute atomic E-state index is 0.0224. The second-order valence-electron chi connectivity index (χ2n) is 4.79. The van der Waals surface area contributed by atoms with E-state index in [0.717, 1.165) is 37.9 Å².